The van der Waals surface area contributed by atoms with Crippen molar-refractivity contribution in [3.8, 4) is 0 Å². The second-order valence-corrected chi connectivity index (χ2v) is 7.54. The molecular formula is C16H34N2O. The second kappa shape index (κ2) is 7.61. The predicted octanol–water partition coefficient (Wildman–Crippen LogP) is 2.35. The highest BCUT2D eigenvalue weighted by Crippen LogP contribution is 2.24. The van der Waals surface area contributed by atoms with Gasteiger partial charge in [-0.1, -0.05) is 27.7 Å². The van der Waals surface area contributed by atoms with Gasteiger partial charge < -0.3 is 15.3 Å². The van der Waals surface area contributed by atoms with Crippen molar-refractivity contribution in [2.45, 2.75) is 53.6 Å². The lowest BCUT2D eigenvalue weighted by Gasteiger charge is -2.38. The molecule has 0 aromatic rings. The molecule has 0 amide bonds. The Kier molecular flexibility index (Phi) is 6.78. The van der Waals surface area contributed by atoms with Gasteiger partial charge in [0.2, 0.25) is 0 Å². The minimum atomic E-state index is -0.136. The highest BCUT2D eigenvalue weighted by Gasteiger charge is 2.27. The van der Waals surface area contributed by atoms with E-state index in [2.05, 4.69) is 37.9 Å². The molecule has 1 atom stereocenters. The van der Waals surface area contributed by atoms with Gasteiger partial charge in [0, 0.05) is 13.1 Å². The zero-order chi connectivity index (χ0) is 14.5. The van der Waals surface area contributed by atoms with Crippen LogP contribution in [-0.4, -0.2) is 48.8 Å². The zero-order valence-corrected chi connectivity index (χ0v) is 13.6. The van der Waals surface area contributed by atoms with Crippen LogP contribution in [0.15, 0.2) is 0 Å². The van der Waals surface area contributed by atoms with Crippen LogP contribution in [-0.2, 0) is 0 Å². The average molecular weight is 270 g/mol. The van der Waals surface area contributed by atoms with Crippen molar-refractivity contribution in [2.24, 2.45) is 17.3 Å². The largest absolute Gasteiger partial charge is 0.393 e. The van der Waals surface area contributed by atoms with E-state index < -0.39 is 0 Å². The van der Waals surface area contributed by atoms with E-state index in [0.29, 0.717) is 11.3 Å². The molecule has 0 bridgehead atoms. The summed E-state index contributed by atoms with van der Waals surface area (Å²) in [5, 5.41) is 13.2. The monoisotopic (exact) mass is 270 g/mol. The molecule has 1 heterocycles. The predicted molar refractivity (Wildman–Crippen MR) is 82.3 cm³/mol. The Labute approximate surface area is 119 Å². The Morgan fingerprint density at radius 3 is 2.26 bits per heavy atom. The van der Waals surface area contributed by atoms with E-state index in [1.54, 1.807) is 0 Å². The summed E-state index contributed by atoms with van der Waals surface area (Å²) in [6.07, 6.45) is 2.16. The Morgan fingerprint density at radius 1 is 1.21 bits per heavy atom. The lowest BCUT2D eigenvalue weighted by Crippen LogP contribution is -2.45. The number of nitrogens with zero attached hydrogens (tertiary/aromatic N) is 1. The average Bonchev–Trinajstić information content (AvgIpc) is 2.28. The Morgan fingerprint density at radius 2 is 1.79 bits per heavy atom. The van der Waals surface area contributed by atoms with Crippen molar-refractivity contribution in [1.82, 2.24) is 10.2 Å². The maximum atomic E-state index is 9.64. The summed E-state index contributed by atoms with van der Waals surface area (Å²) in [7, 11) is 0. The first kappa shape index (κ1) is 16.9. The standard InChI is InChI=1S/C16H34N2O/c1-13(2)10-17-11-16(4,5)12-18-8-6-15(7-9-18)14(3)19/h13-15,17,19H,6-12H2,1-5H3. The first-order valence-electron chi connectivity index (χ1n) is 7.91. The fourth-order valence-corrected chi connectivity index (χ4v) is 2.95. The summed E-state index contributed by atoms with van der Waals surface area (Å²) in [6.45, 7) is 16.8. The molecule has 1 aliphatic heterocycles. The number of likely N-dealkylation sites (tertiary alicyclic amines) is 1. The molecule has 0 aromatic heterocycles. The van der Waals surface area contributed by atoms with Crippen LogP contribution < -0.4 is 5.32 Å². The molecular weight excluding hydrogens is 236 g/mol. The molecule has 3 heteroatoms. The van der Waals surface area contributed by atoms with Gasteiger partial charge in [0.05, 0.1) is 6.10 Å². The zero-order valence-electron chi connectivity index (χ0n) is 13.6. The molecule has 0 aromatic carbocycles. The normalized spacial score (nSPS) is 21.0. The first-order valence-corrected chi connectivity index (χ1v) is 7.91. The second-order valence-electron chi connectivity index (χ2n) is 7.54. The molecule has 0 saturated carbocycles. The number of aliphatic hydroxyl groups excluding tert-OH is 1. The summed E-state index contributed by atoms with van der Waals surface area (Å²) in [6, 6.07) is 0. The molecule has 1 aliphatic rings. The van der Waals surface area contributed by atoms with Gasteiger partial charge in [0.25, 0.3) is 0 Å². The molecule has 0 aliphatic carbocycles. The smallest absolute Gasteiger partial charge is 0.0541 e. The highest BCUT2D eigenvalue weighted by atomic mass is 16.3. The summed E-state index contributed by atoms with van der Waals surface area (Å²) >= 11 is 0. The third-order valence-electron chi connectivity index (χ3n) is 4.12. The fourth-order valence-electron chi connectivity index (χ4n) is 2.95. The number of piperidine rings is 1. The van der Waals surface area contributed by atoms with Crippen molar-refractivity contribution in [1.29, 1.82) is 0 Å². The lowest BCUT2D eigenvalue weighted by atomic mass is 9.88. The van der Waals surface area contributed by atoms with Gasteiger partial charge in [0.1, 0.15) is 0 Å². The van der Waals surface area contributed by atoms with Crippen LogP contribution in [0.25, 0.3) is 0 Å². The minimum Gasteiger partial charge on any atom is -0.393 e. The van der Waals surface area contributed by atoms with Crippen LogP contribution in [0.2, 0.25) is 0 Å². The number of rotatable bonds is 7. The molecule has 114 valence electrons. The molecule has 19 heavy (non-hydrogen) atoms. The van der Waals surface area contributed by atoms with Crippen LogP contribution in [0.3, 0.4) is 0 Å². The maximum Gasteiger partial charge on any atom is 0.0541 e. The van der Waals surface area contributed by atoms with Crippen molar-refractivity contribution in [3.05, 3.63) is 0 Å². The first-order chi connectivity index (χ1) is 8.80. The van der Waals surface area contributed by atoms with Crippen LogP contribution in [0.1, 0.15) is 47.5 Å². The number of nitrogens with one attached hydrogen (secondary N) is 1. The van der Waals surface area contributed by atoms with Crippen molar-refractivity contribution in [3.63, 3.8) is 0 Å². The van der Waals surface area contributed by atoms with E-state index in [-0.39, 0.29) is 6.10 Å². The Balaban J connectivity index is 2.26. The van der Waals surface area contributed by atoms with E-state index in [1.165, 1.54) is 0 Å². The SMILES string of the molecule is CC(C)CNCC(C)(C)CN1CCC(C(C)O)CC1. The van der Waals surface area contributed by atoms with Gasteiger partial charge in [-0.05, 0) is 56.7 Å². The third-order valence-corrected chi connectivity index (χ3v) is 4.12. The number of hydrogen-bond acceptors (Lipinski definition) is 3. The van der Waals surface area contributed by atoms with Gasteiger partial charge in [-0.25, -0.2) is 0 Å². The number of aliphatic hydroxyl groups is 1. The summed E-state index contributed by atoms with van der Waals surface area (Å²) in [5.74, 6) is 1.23. The molecule has 1 rings (SSSR count). The molecule has 0 spiro atoms. The molecule has 1 saturated heterocycles. The summed E-state index contributed by atoms with van der Waals surface area (Å²) < 4.78 is 0. The van der Waals surface area contributed by atoms with Crippen LogP contribution in [0, 0.1) is 17.3 Å². The molecule has 1 unspecified atom stereocenters. The van der Waals surface area contributed by atoms with E-state index in [4.69, 9.17) is 0 Å². The topological polar surface area (TPSA) is 35.5 Å². The van der Waals surface area contributed by atoms with Gasteiger partial charge in [-0.15, -0.1) is 0 Å². The van der Waals surface area contributed by atoms with Gasteiger partial charge in [-0.2, -0.15) is 0 Å². The van der Waals surface area contributed by atoms with Crippen molar-refractivity contribution >= 4 is 0 Å². The van der Waals surface area contributed by atoms with Crippen LogP contribution in [0.4, 0.5) is 0 Å². The van der Waals surface area contributed by atoms with Crippen molar-refractivity contribution < 1.29 is 5.11 Å². The van der Waals surface area contributed by atoms with Crippen LogP contribution in [0.5, 0.6) is 0 Å². The number of hydrogen-bond donors (Lipinski definition) is 2. The third kappa shape index (κ3) is 6.73. The molecule has 3 nitrogen and oxygen atoms in total. The van der Waals surface area contributed by atoms with E-state index in [9.17, 15) is 5.11 Å². The Bertz CT molecular complexity index is 243. The lowest BCUT2D eigenvalue weighted by molar-refractivity contribution is 0.0580. The van der Waals surface area contributed by atoms with Gasteiger partial charge >= 0.3 is 0 Å². The fraction of sp³-hybridized carbons (Fsp3) is 1.00. The molecule has 2 N–H and O–H groups in total. The van der Waals surface area contributed by atoms with Crippen LogP contribution >= 0.6 is 0 Å². The quantitative estimate of drug-likeness (QED) is 0.745. The van der Waals surface area contributed by atoms with E-state index in [1.807, 2.05) is 6.92 Å². The summed E-state index contributed by atoms with van der Waals surface area (Å²) in [5.41, 5.74) is 0.326. The molecule has 0 radical (unpaired) electrons. The summed E-state index contributed by atoms with van der Waals surface area (Å²) in [4.78, 5) is 2.57. The minimum absolute atomic E-state index is 0.136. The van der Waals surface area contributed by atoms with Gasteiger partial charge in [-0.3, -0.25) is 0 Å². The Hall–Kier alpha value is -0.120. The van der Waals surface area contributed by atoms with Gasteiger partial charge in [0.15, 0.2) is 0 Å². The van der Waals surface area contributed by atoms with Crippen molar-refractivity contribution in [2.75, 3.05) is 32.7 Å². The maximum absolute atomic E-state index is 9.64. The highest BCUT2D eigenvalue weighted by molar-refractivity contribution is 4.81. The van der Waals surface area contributed by atoms with E-state index in [0.717, 1.165) is 51.5 Å². The van der Waals surface area contributed by atoms with E-state index >= 15 is 0 Å². The molecule has 1 fully saturated rings.